The van der Waals surface area contributed by atoms with Crippen molar-refractivity contribution in [3.8, 4) is 0 Å². The van der Waals surface area contributed by atoms with E-state index in [-0.39, 0.29) is 17.7 Å². The SMILES string of the molecule is CCC(C)(C)OC(c1cnn(C)c1)C(C)N. The summed E-state index contributed by atoms with van der Waals surface area (Å²) >= 11 is 0. The van der Waals surface area contributed by atoms with Crippen LogP contribution in [0.25, 0.3) is 0 Å². The summed E-state index contributed by atoms with van der Waals surface area (Å²) in [6.07, 6.45) is 4.64. The van der Waals surface area contributed by atoms with Crippen LogP contribution in [-0.2, 0) is 11.8 Å². The van der Waals surface area contributed by atoms with E-state index in [4.69, 9.17) is 10.5 Å². The number of aryl methyl sites for hydroxylation is 1. The van der Waals surface area contributed by atoms with Gasteiger partial charge in [-0.05, 0) is 27.2 Å². The van der Waals surface area contributed by atoms with E-state index >= 15 is 0 Å². The fourth-order valence-corrected chi connectivity index (χ4v) is 1.49. The Kier molecular flexibility index (Phi) is 4.10. The van der Waals surface area contributed by atoms with Crippen LogP contribution in [0.15, 0.2) is 12.4 Å². The molecule has 1 heterocycles. The number of hydrogen-bond acceptors (Lipinski definition) is 3. The van der Waals surface area contributed by atoms with Crippen LogP contribution in [0.3, 0.4) is 0 Å². The minimum atomic E-state index is -0.159. The molecule has 0 saturated heterocycles. The van der Waals surface area contributed by atoms with E-state index < -0.39 is 0 Å². The first-order valence-corrected chi connectivity index (χ1v) is 5.77. The quantitative estimate of drug-likeness (QED) is 0.834. The Labute approximate surface area is 97.8 Å². The van der Waals surface area contributed by atoms with Crippen molar-refractivity contribution < 1.29 is 4.74 Å². The van der Waals surface area contributed by atoms with Gasteiger partial charge in [-0.3, -0.25) is 4.68 Å². The summed E-state index contributed by atoms with van der Waals surface area (Å²) in [7, 11) is 1.90. The van der Waals surface area contributed by atoms with E-state index in [1.807, 2.05) is 26.4 Å². The maximum absolute atomic E-state index is 6.07. The largest absolute Gasteiger partial charge is 0.366 e. The lowest BCUT2D eigenvalue weighted by molar-refractivity contribution is -0.0833. The van der Waals surface area contributed by atoms with Gasteiger partial charge in [0.05, 0.1) is 11.8 Å². The van der Waals surface area contributed by atoms with Gasteiger partial charge in [0, 0.05) is 24.8 Å². The van der Waals surface area contributed by atoms with Gasteiger partial charge in [-0.15, -0.1) is 0 Å². The molecule has 0 fully saturated rings. The number of ether oxygens (including phenoxy) is 1. The molecule has 2 atom stereocenters. The lowest BCUT2D eigenvalue weighted by atomic mass is 10.0. The molecule has 4 nitrogen and oxygen atoms in total. The van der Waals surface area contributed by atoms with Crippen molar-refractivity contribution in [1.82, 2.24) is 9.78 Å². The Balaban J connectivity index is 2.84. The van der Waals surface area contributed by atoms with Crippen molar-refractivity contribution in [3.05, 3.63) is 18.0 Å². The molecule has 0 radical (unpaired) electrons. The normalized spacial score (nSPS) is 16.1. The Hall–Kier alpha value is -0.870. The zero-order valence-electron chi connectivity index (χ0n) is 10.9. The predicted octanol–water partition coefficient (Wildman–Crippen LogP) is 2.01. The van der Waals surface area contributed by atoms with Crippen LogP contribution in [0.5, 0.6) is 0 Å². The Morgan fingerprint density at radius 2 is 2.19 bits per heavy atom. The van der Waals surface area contributed by atoms with Gasteiger partial charge < -0.3 is 10.5 Å². The van der Waals surface area contributed by atoms with E-state index in [1.54, 1.807) is 4.68 Å². The minimum Gasteiger partial charge on any atom is -0.366 e. The monoisotopic (exact) mass is 225 g/mol. The third-order valence-corrected chi connectivity index (χ3v) is 2.83. The van der Waals surface area contributed by atoms with Gasteiger partial charge >= 0.3 is 0 Å². The van der Waals surface area contributed by atoms with Crippen LogP contribution in [0.2, 0.25) is 0 Å². The summed E-state index contributed by atoms with van der Waals surface area (Å²) in [4.78, 5) is 0. The highest BCUT2D eigenvalue weighted by Crippen LogP contribution is 2.27. The molecule has 0 aliphatic heterocycles. The maximum Gasteiger partial charge on any atom is 0.101 e. The second-order valence-electron chi connectivity index (χ2n) is 4.96. The molecule has 16 heavy (non-hydrogen) atoms. The third kappa shape index (κ3) is 3.32. The molecule has 1 aromatic rings. The van der Waals surface area contributed by atoms with Gasteiger partial charge in [0.15, 0.2) is 0 Å². The lowest BCUT2D eigenvalue weighted by Gasteiger charge is -2.31. The molecule has 4 heteroatoms. The fraction of sp³-hybridized carbons (Fsp3) is 0.750. The van der Waals surface area contributed by atoms with Crippen molar-refractivity contribution in [2.24, 2.45) is 12.8 Å². The average Bonchev–Trinajstić information content (AvgIpc) is 2.61. The highest BCUT2D eigenvalue weighted by atomic mass is 16.5. The maximum atomic E-state index is 6.07. The Bertz CT molecular complexity index is 331. The molecule has 0 bridgehead atoms. The van der Waals surface area contributed by atoms with E-state index in [9.17, 15) is 0 Å². The lowest BCUT2D eigenvalue weighted by Crippen LogP contribution is -2.34. The predicted molar refractivity (Wildman–Crippen MR) is 65.1 cm³/mol. The molecule has 2 unspecified atom stereocenters. The molecule has 0 aliphatic carbocycles. The number of aromatic nitrogens is 2. The molecule has 1 rings (SSSR count). The van der Waals surface area contributed by atoms with Crippen molar-refractivity contribution in [2.75, 3.05) is 0 Å². The van der Waals surface area contributed by atoms with E-state index in [0.29, 0.717) is 0 Å². The Morgan fingerprint density at radius 3 is 2.56 bits per heavy atom. The molecule has 92 valence electrons. The van der Waals surface area contributed by atoms with Gasteiger partial charge in [0.1, 0.15) is 6.10 Å². The second-order valence-corrected chi connectivity index (χ2v) is 4.96. The molecule has 0 saturated carbocycles. The van der Waals surface area contributed by atoms with Gasteiger partial charge in [-0.2, -0.15) is 5.10 Å². The number of nitrogens with zero attached hydrogens (tertiary/aromatic N) is 2. The average molecular weight is 225 g/mol. The van der Waals surface area contributed by atoms with Crippen LogP contribution < -0.4 is 5.73 Å². The molecule has 2 N–H and O–H groups in total. The molecule has 0 aliphatic rings. The molecule has 0 aromatic carbocycles. The molecule has 1 aromatic heterocycles. The van der Waals surface area contributed by atoms with E-state index in [2.05, 4.69) is 25.9 Å². The van der Waals surface area contributed by atoms with Gasteiger partial charge in [0.2, 0.25) is 0 Å². The molecular weight excluding hydrogens is 202 g/mol. The summed E-state index contributed by atoms with van der Waals surface area (Å²) < 4.78 is 7.84. The van der Waals surface area contributed by atoms with Gasteiger partial charge in [-0.1, -0.05) is 6.92 Å². The van der Waals surface area contributed by atoms with Crippen LogP contribution in [0.1, 0.15) is 45.8 Å². The van der Waals surface area contributed by atoms with Crippen LogP contribution in [0.4, 0.5) is 0 Å². The zero-order valence-corrected chi connectivity index (χ0v) is 10.9. The fourth-order valence-electron chi connectivity index (χ4n) is 1.49. The van der Waals surface area contributed by atoms with Crippen molar-refractivity contribution in [3.63, 3.8) is 0 Å². The van der Waals surface area contributed by atoms with Crippen molar-refractivity contribution in [2.45, 2.75) is 51.9 Å². The molecular formula is C12H23N3O. The number of rotatable bonds is 5. The zero-order chi connectivity index (χ0) is 12.3. The topological polar surface area (TPSA) is 53.1 Å². The summed E-state index contributed by atoms with van der Waals surface area (Å²) in [6.45, 7) is 8.24. The Morgan fingerprint density at radius 1 is 1.56 bits per heavy atom. The van der Waals surface area contributed by atoms with Gasteiger partial charge in [0.25, 0.3) is 0 Å². The molecule has 0 spiro atoms. The highest BCUT2D eigenvalue weighted by molar-refractivity contribution is 5.10. The van der Waals surface area contributed by atoms with Crippen LogP contribution in [-0.4, -0.2) is 21.4 Å². The summed E-state index contributed by atoms with van der Waals surface area (Å²) in [5.41, 5.74) is 6.86. The van der Waals surface area contributed by atoms with Crippen LogP contribution in [0, 0.1) is 0 Å². The standard InChI is InChI=1S/C12H23N3O/c1-6-12(3,4)16-11(9(2)13)10-7-14-15(5)8-10/h7-9,11H,6,13H2,1-5H3. The third-order valence-electron chi connectivity index (χ3n) is 2.83. The number of hydrogen-bond donors (Lipinski definition) is 1. The summed E-state index contributed by atoms with van der Waals surface area (Å²) in [5.74, 6) is 0. The first-order valence-electron chi connectivity index (χ1n) is 5.77. The summed E-state index contributed by atoms with van der Waals surface area (Å²) in [6, 6.07) is -0.0463. The number of nitrogens with two attached hydrogens (primary N) is 1. The first kappa shape index (κ1) is 13.2. The van der Waals surface area contributed by atoms with E-state index in [0.717, 1.165) is 12.0 Å². The first-order chi connectivity index (χ1) is 7.35. The minimum absolute atomic E-state index is 0.0463. The van der Waals surface area contributed by atoms with Gasteiger partial charge in [-0.25, -0.2) is 0 Å². The highest BCUT2D eigenvalue weighted by Gasteiger charge is 2.26. The van der Waals surface area contributed by atoms with Crippen molar-refractivity contribution in [1.29, 1.82) is 0 Å². The molecule has 0 amide bonds. The van der Waals surface area contributed by atoms with Crippen molar-refractivity contribution >= 4 is 0 Å². The smallest absolute Gasteiger partial charge is 0.101 e. The second kappa shape index (κ2) is 4.97. The summed E-state index contributed by atoms with van der Waals surface area (Å²) in [5, 5.41) is 4.16. The van der Waals surface area contributed by atoms with E-state index in [1.165, 1.54) is 0 Å². The van der Waals surface area contributed by atoms with Crippen LogP contribution >= 0.6 is 0 Å².